The minimum atomic E-state index is -4.52. The SMILES string of the molecule is C=CN=C(N=C)[C@@H](C)N(Cc1ccc(C(F)(F)F)cn1)C(=O)c1ccc2nc(N)n3c(C)ncc3c2c1. The molecule has 3 heterocycles. The first-order valence-corrected chi connectivity index (χ1v) is 11.1. The van der Waals surface area contributed by atoms with Crippen molar-refractivity contribution >= 4 is 40.8 Å². The summed E-state index contributed by atoms with van der Waals surface area (Å²) in [4.78, 5) is 35.8. The maximum Gasteiger partial charge on any atom is 0.417 e. The molecule has 3 aromatic heterocycles. The van der Waals surface area contributed by atoms with Gasteiger partial charge < -0.3 is 10.6 Å². The number of imidazole rings is 1. The third-order valence-corrected chi connectivity index (χ3v) is 5.89. The largest absolute Gasteiger partial charge is 0.417 e. The number of nitrogens with two attached hydrogens (primary N) is 1. The molecule has 4 rings (SSSR count). The molecule has 0 saturated carbocycles. The molecule has 190 valence electrons. The fourth-order valence-corrected chi connectivity index (χ4v) is 3.99. The maximum absolute atomic E-state index is 13.8. The van der Waals surface area contributed by atoms with Crippen molar-refractivity contribution in [3.8, 4) is 0 Å². The number of rotatable bonds is 6. The summed E-state index contributed by atoms with van der Waals surface area (Å²) in [6.07, 6.45) is -0.875. The molecule has 9 nitrogen and oxygen atoms in total. The highest BCUT2D eigenvalue weighted by atomic mass is 19.4. The number of halogens is 3. The molecule has 0 saturated heterocycles. The van der Waals surface area contributed by atoms with Crippen molar-refractivity contribution < 1.29 is 18.0 Å². The van der Waals surface area contributed by atoms with E-state index in [0.717, 1.165) is 12.3 Å². The van der Waals surface area contributed by atoms with Crippen molar-refractivity contribution in [2.24, 2.45) is 9.98 Å². The van der Waals surface area contributed by atoms with E-state index < -0.39 is 23.7 Å². The van der Waals surface area contributed by atoms with Gasteiger partial charge in [-0.2, -0.15) is 13.2 Å². The minimum Gasteiger partial charge on any atom is -0.369 e. The summed E-state index contributed by atoms with van der Waals surface area (Å²) < 4.78 is 40.7. The predicted molar refractivity (Wildman–Crippen MR) is 135 cm³/mol. The van der Waals surface area contributed by atoms with Crippen LogP contribution in [-0.4, -0.2) is 48.8 Å². The number of fused-ring (bicyclic) bond motifs is 3. The third-order valence-electron chi connectivity index (χ3n) is 5.89. The smallest absolute Gasteiger partial charge is 0.369 e. The number of amides is 1. The number of amidine groups is 1. The Morgan fingerprint density at radius 3 is 2.62 bits per heavy atom. The van der Waals surface area contributed by atoms with Gasteiger partial charge in [-0.05, 0) is 50.9 Å². The number of hydrogen-bond acceptors (Lipinski definition) is 6. The molecule has 0 fully saturated rings. The molecule has 0 aliphatic carbocycles. The lowest BCUT2D eigenvalue weighted by Crippen LogP contribution is -2.42. The number of aromatic nitrogens is 4. The molecule has 37 heavy (non-hydrogen) atoms. The summed E-state index contributed by atoms with van der Waals surface area (Å²) in [7, 11) is 0. The normalized spacial score (nSPS) is 13.1. The molecule has 12 heteroatoms. The van der Waals surface area contributed by atoms with Crippen LogP contribution in [0.25, 0.3) is 16.4 Å². The van der Waals surface area contributed by atoms with Crippen LogP contribution < -0.4 is 5.73 Å². The third kappa shape index (κ3) is 4.90. The number of carbonyl (C=O) groups is 1. The zero-order valence-corrected chi connectivity index (χ0v) is 20.1. The second-order valence-corrected chi connectivity index (χ2v) is 8.20. The Morgan fingerprint density at radius 2 is 2.00 bits per heavy atom. The van der Waals surface area contributed by atoms with Crippen molar-refractivity contribution in [1.29, 1.82) is 0 Å². The minimum absolute atomic E-state index is 0.108. The van der Waals surface area contributed by atoms with Gasteiger partial charge >= 0.3 is 6.18 Å². The summed E-state index contributed by atoms with van der Waals surface area (Å²) in [5, 5.41) is 0.655. The molecule has 1 atom stereocenters. The van der Waals surface area contributed by atoms with E-state index in [-0.39, 0.29) is 24.0 Å². The second kappa shape index (κ2) is 9.80. The van der Waals surface area contributed by atoms with E-state index >= 15 is 0 Å². The van der Waals surface area contributed by atoms with Gasteiger partial charge in [0.1, 0.15) is 11.7 Å². The van der Waals surface area contributed by atoms with Crippen LogP contribution in [-0.2, 0) is 12.7 Å². The van der Waals surface area contributed by atoms with E-state index in [1.807, 2.05) is 0 Å². The molecule has 4 aromatic rings. The van der Waals surface area contributed by atoms with Gasteiger partial charge in [0.2, 0.25) is 5.95 Å². The topological polar surface area (TPSA) is 114 Å². The maximum atomic E-state index is 13.8. The van der Waals surface area contributed by atoms with E-state index in [1.165, 1.54) is 17.2 Å². The van der Waals surface area contributed by atoms with Crippen LogP contribution in [0.1, 0.15) is 34.4 Å². The molecule has 0 radical (unpaired) electrons. The van der Waals surface area contributed by atoms with Crippen LogP contribution in [0.3, 0.4) is 0 Å². The van der Waals surface area contributed by atoms with Gasteiger partial charge in [-0.3, -0.25) is 14.2 Å². The lowest BCUT2D eigenvalue weighted by atomic mass is 10.1. The molecule has 0 bridgehead atoms. The average Bonchev–Trinajstić information content (AvgIpc) is 3.27. The fourth-order valence-electron chi connectivity index (χ4n) is 3.99. The summed E-state index contributed by atoms with van der Waals surface area (Å²) in [6, 6.07) is 6.39. The number of alkyl halides is 3. The highest BCUT2D eigenvalue weighted by Gasteiger charge is 2.31. The van der Waals surface area contributed by atoms with E-state index in [0.29, 0.717) is 27.8 Å². The van der Waals surface area contributed by atoms with Gasteiger partial charge in [0.05, 0.1) is 41.1 Å². The van der Waals surface area contributed by atoms with E-state index in [9.17, 15) is 18.0 Å². The lowest BCUT2D eigenvalue weighted by molar-refractivity contribution is -0.137. The van der Waals surface area contributed by atoms with Crippen LogP contribution in [0.15, 0.2) is 65.5 Å². The quantitative estimate of drug-likeness (QED) is 0.305. The molecule has 0 spiro atoms. The number of anilines is 1. The fraction of sp³-hybridized carbons (Fsp3) is 0.200. The number of hydrogen-bond donors (Lipinski definition) is 1. The predicted octanol–water partition coefficient (Wildman–Crippen LogP) is 4.46. The van der Waals surface area contributed by atoms with Gasteiger partial charge in [0.15, 0.2) is 0 Å². The molecule has 0 aliphatic rings. The van der Waals surface area contributed by atoms with Gasteiger partial charge in [-0.25, -0.2) is 20.0 Å². The monoisotopic (exact) mass is 508 g/mol. The zero-order chi connectivity index (χ0) is 26.9. The molecular weight excluding hydrogens is 485 g/mol. The Kier molecular flexibility index (Phi) is 6.75. The first kappa shape index (κ1) is 25.5. The van der Waals surface area contributed by atoms with Crippen LogP contribution >= 0.6 is 0 Å². The number of nitrogen functional groups attached to an aromatic ring is 1. The van der Waals surface area contributed by atoms with Gasteiger partial charge in [-0.1, -0.05) is 6.58 Å². The Morgan fingerprint density at radius 1 is 1.24 bits per heavy atom. The molecule has 1 aromatic carbocycles. The summed E-state index contributed by atoms with van der Waals surface area (Å²) >= 11 is 0. The molecule has 0 unspecified atom stereocenters. The van der Waals surface area contributed by atoms with Crippen LogP contribution in [0.4, 0.5) is 19.1 Å². The first-order valence-electron chi connectivity index (χ1n) is 11.1. The van der Waals surface area contributed by atoms with E-state index in [2.05, 4.69) is 38.2 Å². The number of pyridine rings is 1. The van der Waals surface area contributed by atoms with E-state index in [1.54, 1.807) is 42.6 Å². The Bertz CT molecular complexity index is 1540. The van der Waals surface area contributed by atoms with Crippen molar-refractivity contribution in [3.63, 3.8) is 0 Å². The second-order valence-electron chi connectivity index (χ2n) is 8.20. The number of nitrogens with zero attached hydrogens (tertiary/aromatic N) is 7. The Hall–Kier alpha value is -4.61. The average molecular weight is 509 g/mol. The van der Waals surface area contributed by atoms with Gasteiger partial charge in [-0.15, -0.1) is 0 Å². The van der Waals surface area contributed by atoms with Gasteiger partial charge in [0, 0.05) is 23.3 Å². The number of carbonyl (C=O) groups excluding carboxylic acids is 1. The molecule has 2 N–H and O–H groups in total. The molecule has 1 amide bonds. The van der Waals surface area contributed by atoms with Crippen molar-refractivity contribution in [2.45, 2.75) is 32.6 Å². The van der Waals surface area contributed by atoms with Crippen molar-refractivity contribution in [1.82, 2.24) is 24.3 Å². The highest BCUT2D eigenvalue weighted by Crippen LogP contribution is 2.29. The Labute approximate surface area is 209 Å². The van der Waals surface area contributed by atoms with Crippen molar-refractivity contribution in [3.05, 3.63) is 78.1 Å². The van der Waals surface area contributed by atoms with Crippen molar-refractivity contribution in [2.75, 3.05) is 5.73 Å². The van der Waals surface area contributed by atoms with Gasteiger partial charge in [0.25, 0.3) is 5.91 Å². The van der Waals surface area contributed by atoms with E-state index in [4.69, 9.17) is 5.73 Å². The van der Waals surface area contributed by atoms with Crippen LogP contribution in [0.2, 0.25) is 0 Å². The standard InChI is InChI=1S/C25H23F3N8O/c1-5-31-22(30-4)14(2)35(13-18-8-7-17(11-33-18)25(26,27)28)23(37)16-6-9-20-19(10-16)21-12-32-15(3)36(21)24(29)34-20/h5-12,14H,1,4,13H2,2-3H3,(H2,29,34)/t14-/m1/s1. The lowest BCUT2D eigenvalue weighted by Gasteiger charge is -2.29. The van der Waals surface area contributed by atoms with Crippen LogP contribution in [0.5, 0.6) is 0 Å². The summed E-state index contributed by atoms with van der Waals surface area (Å²) in [6.45, 7) is 10.4. The first-order chi connectivity index (χ1) is 17.5. The molecular formula is C25H23F3N8O. The highest BCUT2D eigenvalue weighted by molar-refractivity contribution is 6.04. The van der Waals surface area contributed by atoms with Crippen LogP contribution in [0, 0.1) is 6.92 Å². The Balaban J connectivity index is 1.78. The number of aliphatic imine (C=N–C) groups is 2. The number of benzene rings is 1. The zero-order valence-electron chi connectivity index (χ0n) is 20.1. The summed E-state index contributed by atoms with van der Waals surface area (Å²) in [5.74, 6) is 0.689. The molecule has 0 aliphatic heterocycles. The number of aryl methyl sites for hydroxylation is 1. The summed E-state index contributed by atoms with van der Waals surface area (Å²) in [5.41, 5.74) is 7.00.